The van der Waals surface area contributed by atoms with Crippen molar-refractivity contribution in [3.63, 3.8) is 0 Å². The quantitative estimate of drug-likeness (QED) is 0.739. The number of anilines is 1. The molecule has 0 aliphatic rings. The molecule has 0 saturated carbocycles. The number of nitrogens with zero attached hydrogens (tertiary/aromatic N) is 4. The van der Waals surface area contributed by atoms with Crippen molar-refractivity contribution in [2.75, 3.05) is 25.0 Å². The molecule has 2 aromatic rings. The molecule has 6 nitrogen and oxygen atoms in total. The number of rotatable bonds is 8. The Morgan fingerprint density at radius 2 is 2.20 bits per heavy atom. The lowest BCUT2D eigenvalue weighted by molar-refractivity contribution is 0.465. The largest absolute Gasteiger partial charge is 0.407 e. The zero-order chi connectivity index (χ0) is 14.2. The van der Waals surface area contributed by atoms with Gasteiger partial charge in [0.25, 0.3) is 0 Å². The minimum atomic E-state index is 0.550. The number of pyridine rings is 1. The van der Waals surface area contributed by atoms with Crippen LogP contribution in [0.3, 0.4) is 0 Å². The molecule has 0 aliphatic heterocycles. The summed E-state index contributed by atoms with van der Waals surface area (Å²) in [4.78, 5) is 6.25. The Balaban J connectivity index is 1.81. The molecule has 0 bridgehead atoms. The summed E-state index contributed by atoms with van der Waals surface area (Å²) in [7, 11) is 1.94. The molecule has 1 N–H and O–H groups in total. The van der Waals surface area contributed by atoms with Crippen molar-refractivity contribution in [2.24, 2.45) is 0 Å². The second-order valence-corrected chi connectivity index (χ2v) is 4.65. The van der Waals surface area contributed by atoms with E-state index in [2.05, 4.69) is 27.4 Å². The van der Waals surface area contributed by atoms with Gasteiger partial charge in [-0.25, -0.2) is 0 Å². The Morgan fingerprint density at radius 3 is 2.95 bits per heavy atom. The smallest absolute Gasteiger partial charge is 0.317 e. The summed E-state index contributed by atoms with van der Waals surface area (Å²) < 4.78 is 5.60. The SMILES string of the molecule is CCCNCc1nnc(N(C)CCc2ccccn2)o1. The van der Waals surface area contributed by atoms with E-state index in [1.54, 1.807) is 6.20 Å². The zero-order valence-corrected chi connectivity index (χ0v) is 12.0. The summed E-state index contributed by atoms with van der Waals surface area (Å²) >= 11 is 0. The van der Waals surface area contributed by atoms with Crippen LogP contribution in [0.5, 0.6) is 0 Å². The fraction of sp³-hybridized carbons (Fsp3) is 0.500. The van der Waals surface area contributed by atoms with E-state index in [0.29, 0.717) is 18.5 Å². The van der Waals surface area contributed by atoms with Gasteiger partial charge < -0.3 is 14.6 Å². The molecule has 0 atom stereocenters. The molecule has 0 aliphatic carbocycles. The van der Waals surface area contributed by atoms with Gasteiger partial charge in [-0.3, -0.25) is 4.98 Å². The van der Waals surface area contributed by atoms with E-state index in [1.807, 2.05) is 30.1 Å². The van der Waals surface area contributed by atoms with Crippen molar-refractivity contribution in [1.82, 2.24) is 20.5 Å². The lowest BCUT2D eigenvalue weighted by Crippen LogP contribution is -2.21. The van der Waals surface area contributed by atoms with Gasteiger partial charge in [0, 0.05) is 31.9 Å². The van der Waals surface area contributed by atoms with Gasteiger partial charge in [0.1, 0.15) is 0 Å². The first-order valence-corrected chi connectivity index (χ1v) is 6.93. The normalized spacial score (nSPS) is 10.7. The van der Waals surface area contributed by atoms with E-state index < -0.39 is 0 Å². The minimum absolute atomic E-state index is 0.550. The summed E-state index contributed by atoms with van der Waals surface area (Å²) in [5.41, 5.74) is 1.06. The number of hydrogen-bond acceptors (Lipinski definition) is 6. The first kappa shape index (κ1) is 14.5. The fourth-order valence-corrected chi connectivity index (χ4v) is 1.77. The number of nitrogens with one attached hydrogen (secondary N) is 1. The van der Waals surface area contributed by atoms with E-state index in [4.69, 9.17) is 4.42 Å². The van der Waals surface area contributed by atoms with Crippen LogP contribution in [0.15, 0.2) is 28.8 Å². The van der Waals surface area contributed by atoms with Crippen molar-refractivity contribution < 1.29 is 4.42 Å². The zero-order valence-electron chi connectivity index (χ0n) is 12.0. The van der Waals surface area contributed by atoms with Gasteiger partial charge in [0.2, 0.25) is 5.89 Å². The molecule has 0 fully saturated rings. The Kier molecular flexibility index (Phi) is 5.49. The molecule has 0 radical (unpaired) electrons. The fourth-order valence-electron chi connectivity index (χ4n) is 1.77. The highest BCUT2D eigenvalue weighted by Crippen LogP contribution is 2.10. The summed E-state index contributed by atoms with van der Waals surface area (Å²) in [5.74, 6) is 0.623. The molecule has 0 spiro atoms. The van der Waals surface area contributed by atoms with Crippen LogP contribution in [0.25, 0.3) is 0 Å². The van der Waals surface area contributed by atoms with Crippen LogP contribution in [0.2, 0.25) is 0 Å². The standard InChI is InChI=1S/C14H21N5O/c1-3-8-15-11-13-17-18-14(20-13)19(2)10-7-12-6-4-5-9-16-12/h4-6,9,15H,3,7-8,10-11H2,1-2H3. The summed E-state index contributed by atoms with van der Waals surface area (Å²) in [6, 6.07) is 6.48. The average Bonchev–Trinajstić information content (AvgIpc) is 2.95. The van der Waals surface area contributed by atoms with Crippen LogP contribution in [0.1, 0.15) is 24.9 Å². The van der Waals surface area contributed by atoms with Crippen LogP contribution in [-0.4, -0.2) is 35.3 Å². The molecular formula is C14H21N5O. The molecular weight excluding hydrogens is 254 g/mol. The molecule has 108 valence electrons. The first-order valence-electron chi connectivity index (χ1n) is 6.93. The van der Waals surface area contributed by atoms with Gasteiger partial charge in [-0.1, -0.05) is 18.1 Å². The van der Waals surface area contributed by atoms with Gasteiger partial charge >= 0.3 is 6.01 Å². The van der Waals surface area contributed by atoms with Gasteiger partial charge in [-0.15, -0.1) is 5.10 Å². The molecule has 0 aromatic carbocycles. The van der Waals surface area contributed by atoms with Crippen LogP contribution >= 0.6 is 0 Å². The van der Waals surface area contributed by atoms with E-state index in [-0.39, 0.29) is 0 Å². The molecule has 6 heteroatoms. The second kappa shape index (κ2) is 7.59. The molecule has 2 heterocycles. The van der Waals surface area contributed by atoms with Gasteiger partial charge in [0.05, 0.1) is 6.54 Å². The lowest BCUT2D eigenvalue weighted by atomic mass is 10.2. The Bertz CT molecular complexity index is 499. The van der Waals surface area contributed by atoms with Crippen molar-refractivity contribution in [3.8, 4) is 0 Å². The molecule has 0 unspecified atom stereocenters. The van der Waals surface area contributed by atoms with Gasteiger partial charge in [-0.05, 0) is 25.1 Å². The van der Waals surface area contributed by atoms with Crippen molar-refractivity contribution in [2.45, 2.75) is 26.3 Å². The molecule has 20 heavy (non-hydrogen) atoms. The number of likely N-dealkylation sites (N-methyl/N-ethyl adjacent to an activating group) is 1. The monoisotopic (exact) mass is 275 g/mol. The highest BCUT2D eigenvalue weighted by Gasteiger charge is 2.10. The molecule has 0 saturated heterocycles. The topological polar surface area (TPSA) is 67.1 Å². The van der Waals surface area contributed by atoms with E-state index >= 15 is 0 Å². The maximum Gasteiger partial charge on any atom is 0.317 e. The molecule has 2 aromatic heterocycles. The van der Waals surface area contributed by atoms with E-state index in [1.165, 1.54) is 0 Å². The van der Waals surface area contributed by atoms with Gasteiger partial charge in [-0.2, -0.15) is 0 Å². The molecule has 2 rings (SSSR count). The lowest BCUT2D eigenvalue weighted by Gasteiger charge is -2.12. The Morgan fingerprint density at radius 1 is 1.30 bits per heavy atom. The van der Waals surface area contributed by atoms with Crippen LogP contribution in [0.4, 0.5) is 6.01 Å². The van der Waals surface area contributed by atoms with E-state index in [9.17, 15) is 0 Å². The van der Waals surface area contributed by atoms with Crippen LogP contribution in [0, 0.1) is 0 Å². The van der Waals surface area contributed by atoms with Gasteiger partial charge in [0.15, 0.2) is 0 Å². The summed E-state index contributed by atoms with van der Waals surface area (Å²) in [6.45, 7) is 4.49. The summed E-state index contributed by atoms with van der Waals surface area (Å²) in [5, 5.41) is 11.3. The Labute approximate surface area is 119 Å². The first-order chi connectivity index (χ1) is 9.79. The van der Waals surface area contributed by atoms with Crippen LogP contribution in [-0.2, 0) is 13.0 Å². The second-order valence-electron chi connectivity index (χ2n) is 4.65. The van der Waals surface area contributed by atoms with Crippen LogP contribution < -0.4 is 10.2 Å². The average molecular weight is 275 g/mol. The highest BCUT2D eigenvalue weighted by molar-refractivity contribution is 5.22. The third-order valence-corrected chi connectivity index (χ3v) is 2.92. The summed E-state index contributed by atoms with van der Waals surface area (Å²) in [6.07, 6.45) is 3.74. The highest BCUT2D eigenvalue weighted by atomic mass is 16.4. The minimum Gasteiger partial charge on any atom is -0.407 e. The number of hydrogen-bond donors (Lipinski definition) is 1. The maximum atomic E-state index is 5.60. The third kappa shape index (κ3) is 4.31. The third-order valence-electron chi connectivity index (χ3n) is 2.92. The van der Waals surface area contributed by atoms with Crippen molar-refractivity contribution >= 4 is 6.01 Å². The van der Waals surface area contributed by atoms with Crippen molar-refractivity contribution in [1.29, 1.82) is 0 Å². The Hall–Kier alpha value is -1.95. The maximum absolute atomic E-state index is 5.60. The predicted molar refractivity (Wildman–Crippen MR) is 77.5 cm³/mol. The predicted octanol–water partition coefficient (Wildman–Crippen LogP) is 1.64. The van der Waals surface area contributed by atoms with E-state index in [0.717, 1.165) is 31.6 Å². The van der Waals surface area contributed by atoms with Crippen molar-refractivity contribution in [3.05, 3.63) is 36.0 Å². The number of aromatic nitrogens is 3. The molecule has 0 amide bonds.